The molecule has 6 rings (SSSR count). The molecule has 0 fully saturated rings. The fourth-order valence-electron chi connectivity index (χ4n) is 4.00. The number of non-ortho nitro benzene ring substituents is 1. The van der Waals surface area contributed by atoms with Crippen LogP contribution < -0.4 is 10.1 Å². The summed E-state index contributed by atoms with van der Waals surface area (Å²) in [7, 11) is 0. The smallest absolute Gasteiger partial charge is 0.266 e. The maximum Gasteiger partial charge on any atom is 0.291 e. The molecule has 6 aromatic rings. The van der Waals surface area contributed by atoms with Crippen LogP contribution in [-0.2, 0) is 0 Å². The van der Waals surface area contributed by atoms with Crippen molar-refractivity contribution >= 4 is 28.1 Å². The Labute approximate surface area is 213 Å². The molecule has 0 unspecified atom stereocenters. The molecule has 37 heavy (non-hydrogen) atoms. The van der Waals surface area contributed by atoms with E-state index < -0.39 is 4.92 Å². The quantitative estimate of drug-likeness (QED) is 0.253. The number of benzene rings is 3. The van der Waals surface area contributed by atoms with Crippen LogP contribution in [0.4, 0.5) is 5.69 Å². The summed E-state index contributed by atoms with van der Waals surface area (Å²) < 4.78 is 3.43. The van der Waals surface area contributed by atoms with Crippen molar-refractivity contribution in [2.24, 2.45) is 0 Å². The van der Waals surface area contributed by atoms with E-state index in [1.54, 1.807) is 29.1 Å². The fraction of sp³-hybridized carbons (Fsp3) is 0.0370. The van der Waals surface area contributed by atoms with Gasteiger partial charge in [0.05, 0.1) is 15.1 Å². The highest BCUT2D eigenvalue weighted by atomic mass is 32.1. The zero-order valence-electron chi connectivity index (χ0n) is 19.5. The molecule has 0 spiro atoms. The number of fused-ring (bicyclic) bond motifs is 1. The van der Waals surface area contributed by atoms with Gasteiger partial charge in [0.15, 0.2) is 5.82 Å². The van der Waals surface area contributed by atoms with Crippen LogP contribution in [-0.4, -0.2) is 29.3 Å². The Morgan fingerprint density at radius 2 is 1.73 bits per heavy atom. The lowest BCUT2D eigenvalue weighted by Crippen LogP contribution is -2.23. The van der Waals surface area contributed by atoms with Crippen molar-refractivity contribution in [3.8, 4) is 28.3 Å². The van der Waals surface area contributed by atoms with Gasteiger partial charge in [-0.1, -0.05) is 71.5 Å². The summed E-state index contributed by atoms with van der Waals surface area (Å²) in [6.07, 6.45) is 3.53. The Balaban J connectivity index is 1.49. The van der Waals surface area contributed by atoms with Gasteiger partial charge in [0.25, 0.3) is 11.2 Å². The molecule has 0 bridgehead atoms. The largest absolute Gasteiger partial charge is 0.291 e. The van der Waals surface area contributed by atoms with Gasteiger partial charge in [-0.05, 0) is 25.1 Å². The summed E-state index contributed by atoms with van der Waals surface area (Å²) in [5, 5.41) is 20.5. The van der Waals surface area contributed by atoms with Crippen molar-refractivity contribution in [3.63, 3.8) is 0 Å². The number of thiazole rings is 1. The van der Waals surface area contributed by atoms with Crippen LogP contribution in [0.2, 0.25) is 0 Å². The topological polar surface area (TPSA) is 108 Å². The number of hydrogen-bond donors (Lipinski definition) is 0. The van der Waals surface area contributed by atoms with Gasteiger partial charge in [-0.2, -0.15) is 14.6 Å². The number of nitro groups is 1. The van der Waals surface area contributed by atoms with Crippen LogP contribution in [0, 0.1) is 17.0 Å². The SMILES string of the molecule is Cc1ccc(-c2nc3sc(=Cc4cn(-c5ccccc5)nc4-c4cccc([N+](=O)[O-])c4)c(=O)n3n2)cc1. The summed E-state index contributed by atoms with van der Waals surface area (Å²) in [6.45, 7) is 2.00. The van der Waals surface area contributed by atoms with E-state index in [2.05, 4.69) is 10.1 Å². The molecule has 10 heteroatoms. The molecule has 0 N–H and O–H groups in total. The van der Waals surface area contributed by atoms with Gasteiger partial charge in [-0.25, -0.2) is 4.68 Å². The van der Waals surface area contributed by atoms with Gasteiger partial charge in [0.1, 0.15) is 5.69 Å². The van der Waals surface area contributed by atoms with Crippen LogP contribution in [0.15, 0.2) is 89.9 Å². The highest BCUT2D eigenvalue weighted by Crippen LogP contribution is 2.27. The summed E-state index contributed by atoms with van der Waals surface area (Å²) in [4.78, 5) is 29.2. The first kappa shape index (κ1) is 22.5. The molecule has 0 amide bonds. The number of aryl methyl sites for hydroxylation is 1. The molecule has 9 nitrogen and oxygen atoms in total. The summed E-state index contributed by atoms with van der Waals surface area (Å²) >= 11 is 1.23. The molecule has 0 aliphatic heterocycles. The molecule has 0 saturated carbocycles. The third-order valence-electron chi connectivity index (χ3n) is 5.87. The maximum absolute atomic E-state index is 13.2. The van der Waals surface area contributed by atoms with E-state index in [9.17, 15) is 14.9 Å². The molecule has 3 aromatic carbocycles. The van der Waals surface area contributed by atoms with E-state index >= 15 is 0 Å². The number of hydrogen-bond acceptors (Lipinski definition) is 7. The minimum absolute atomic E-state index is 0.0374. The first-order valence-electron chi connectivity index (χ1n) is 11.3. The Hall–Kier alpha value is -4.96. The molecular formula is C27H18N6O3S. The van der Waals surface area contributed by atoms with Gasteiger partial charge < -0.3 is 0 Å². The predicted molar refractivity (Wildman–Crippen MR) is 142 cm³/mol. The Morgan fingerprint density at radius 3 is 2.46 bits per heavy atom. The molecule has 0 atom stereocenters. The van der Waals surface area contributed by atoms with Gasteiger partial charge >= 0.3 is 0 Å². The van der Waals surface area contributed by atoms with Gasteiger partial charge in [0, 0.05) is 35.0 Å². The van der Waals surface area contributed by atoms with E-state index in [1.165, 1.54) is 28.0 Å². The zero-order valence-corrected chi connectivity index (χ0v) is 20.3. The maximum atomic E-state index is 13.2. The lowest BCUT2D eigenvalue weighted by atomic mass is 10.1. The van der Waals surface area contributed by atoms with Crippen molar-refractivity contribution in [2.75, 3.05) is 0 Å². The van der Waals surface area contributed by atoms with Gasteiger partial charge in [-0.3, -0.25) is 14.9 Å². The normalized spacial score (nSPS) is 11.9. The first-order chi connectivity index (χ1) is 18.0. The van der Waals surface area contributed by atoms with Crippen LogP contribution in [0.1, 0.15) is 11.1 Å². The van der Waals surface area contributed by atoms with E-state index in [-0.39, 0.29) is 11.2 Å². The van der Waals surface area contributed by atoms with Gasteiger partial charge in [0.2, 0.25) is 4.96 Å². The molecule has 3 aromatic heterocycles. The third-order valence-corrected chi connectivity index (χ3v) is 6.83. The van der Waals surface area contributed by atoms with Crippen LogP contribution in [0.25, 0.3) is 39.4 Å². The minimum Gasteiger partial charge on any atom is -0.266 e. The van der Waals surface area contributed by atoms with E-state index in [4.69, 9.17) is 5.10 Å². The van der Waals surface area contributed by atoms with Crippen LogP contribution >= 0.6 is 11.3 Å². The van der Waals surface area contributed by atoms with Crippen molar-refractivity contribution in [1.82, 2.24) is 24.4 Å². The predicted octanol–water partition coefficient (Wildman–Crippen LogP) is 4.44. The molecule has 0 aliphatic carbocycles. The minimum atomic E-state index is -0.442. The summed E-state index contributed by atoms with van der Waals surface area (Å²) in [5.74, 6) is 0.490. The number of nitrogens with zero attached hydrogens (tertiary/aromatic N) is 6. The monoisotopic (exact) mass is 506 g/mol. The fourth-order valence-corrected chi connectivity index (χ4v) is 4.90. The zero-order chi connectivity index (χ0) is 25.5. The Morgan fingerprint density at radius 1 is 0.946 bits per heavy atom. The average molecular weight is 507 g/mol. The third kappa shape index (κ3) is 4.19. The molecule has 0 saturated heterocycles. The molecule has 3 heterocycles. The summed E-state index contributed by atoms with van der Waals surface area (Å²) in [5.41, 5.74) is 4.19. The molecule has 180 valence electrons. The molecular weight excluding hydrogens is 488 g/mol. The van der Waals surface area contributed by atoms with Crippen molar-refractivity contribution in [1.29, 1.82) is 0 Å². The lowest BCUT2D eigenvalue weighted by Gasteiger charge is -2.00. The van der Waals surface area contributed by atoms with Crippen molar-refractivity contribution in [3.05, 3.63) is 121 Å². The number of aromatic nitrogens is 5. The molecule has 0 aliphatic rings. The highest BCUT2D eigenvalue weighted by Gasteiger charge is 2.16. The molecule has 0 radical (unpaired) electrons. The van der Waals surface area contributed by atoms with Crippen molar-refractivity contribution in [2.45, 2.75) is 6.92 Å². The Bertz CT molecular complexity index is 1890. The van der Waals surface area contributed by atoms with E-state index in [1.807, 2.05) is 61.5 Å². The highest BCUT2D eigenvalue weighted by molar-refractivity contribution is 7.15. The van der Waals surface area contributed by atoms with Crippen LogP contribution in [0.3, 0.4) is 0 Å². The Kier molecular flexibility index (Phi) is 5.42. The average Bonchev–Trinajstić information content (AvgIpc) is 3.60. The second kappa shape index (κ2) is 8.92. The first-order valence-corrected chi connectivity index (χ1v) is 12.2. The van der Waals surface area contributed by atoms with Crippen molar-refractivity contribution < 1.29 is 4.92 Å². The number of nitro benzene ring substituents is 1. The van der Waals surface area contributed by atoms with Gasteiger partial charge in [-0.15, -0.1) is 5.10 Å². The van der Waals surface area contributed by atoms with Crippen LogP contribution in [0.5, 0.6) is 0 Å². The number of rotatable bonds is 5. The summed E-state index contributed by atoms with van der Waals surface area (Å²) in [6, 6.07) is 23.6. The van der Waals surface area contributed by atoms with E-state index in [0.29, 0.717) is 32.1 Å². The lowest BCUT2D eigenvalue weighted by molar-refractivity contribution is -0.384. The second-order valence-corrected chi connectivity index (χ2v) is 9.44. The second-order valence-electron chi connectivity index (χ2n) is 8.43. The standard InChI is InChI=1S/C27H18N6O3S/c1-17-10-12-18(13-11-17)25-28-27-32(30-25)26(34)23(37-27)15-20-16-31(21-7-3-2-4-8-21)29-24(20)19-6-5-9-22(14-19)33(35)36/h2-16H,1H3. The van der Waals surface area contributed by atoms with E-state index in [0.717, 1.165) is 16.8 Å². The number of para-hydroxylation sites is 1.